The molecule has 0 aromatic carbocycles. The number of carbonyl (C=O) groups excluding carboxylic acids is 1. The highest BCUT2D eigenvalue weighted by molar-refractivity contribution is 5.69. The number of carbonyl (C=O) groups is 1. The van der Waals surface area contributed by atoms with Gasteiger partial charge in [-0.1, -0.05) is 0 Å². The normalized spacial score (nSPS) is 36.7. The zero-order valence-electron chi connectivity index (χ0n) is 11.3. The molecular formula is C13H24N2O2. The number of fused-ring (bicyclic) bond motifs is 2. The van der Waals surface area contributed by atoms with Crippen LogP contribution in [0.2, 0.25) is 0 Å². The third-order valence-corrected chi connectivity index (χ3v) is 4.11. The van der Waals surface area contributed by atoms with Gasteiger partial charge in [-0.2, -0.15) is 0 Å². The van der Waals surface area contributed by atoms with Crippen LogP contribution in [0.3, 0.4) is 0 Å². The van der Waals surface area contributed by atoms with E-state index in [9.17, 15) is 4.79 Å². The fourth-order valence-corrected chi connectivity index (χ4v) is 3.12. The van der Waals surface area contributed by atoms with Crippen LogP contribution in [0.1, 0.15) is 40.5 Å². The molecule has 2 atom stereocenters. The first kappa shape index (κ1) is 12.7. The van der Waals surface area contributed by atoms with Gasteiger partial charge < -0.3 is 15.4 Å². The largest absolute Gasteiger partial charge is 0.444 e. The number of ether oxygens (including phenoxy) is 1. The van der Waals surface area contributed by atoms with Crippen LogP contribution in [0.4, 0.5) is 4.79 Å². The van der Waals surface area contributed by atoms with E-state index >= 15 is 0 Å². The summed E-state index contributed by atoms with van der Waals surface area (Å²) in [5, 5.41) is 6.54. The summed E-state index contributed by atoms with van der Waals surface area (Å²) < 4.78 is 5.36. The molecule has 2 N–H and O–H groups in total. The van der Waals surface area contributed by atoms with E-state index < -0.39 is 5.60 Å². The molecule has 0 aromatic rings. The minimum atomic E-state index is -0.424. The molecule has 1 heterocycles. The standard InChI is InChI=1S/C13H24N2O2/c1-12(2,3)17-11(16)15-13(4)9-5-6-10(13)8-14-7-9/h9-10,14H,5-8H2,1-4H3,(H,15,16). The molecule has 1 aliphatic heterocycles. The highest BCUT2D eigenvalue weighted by Gasteiger charge is 2.50. The van der Waals surface area contributed by atoms with Crippen molar-refractivity contribution in [2.24, 2.45) is 11.8 Å². The molecule has 4 nitrogen and oxygen atoms in total. The fourth-order valence-electron chi connectivity index (χ4n) is 3.12. The summed E-state index contributed by atoms with van der Waals surface area (Å²) in [5.74, 6) is 1.07. The summed E-state index contributed by atoms with van der Waals surface area (Å²) in [6, 6.07) is 0. The highest BCUT2D eigenvalue weighted by Crippen LogP contribution is 2.42. The monoisotopic (exact) mass is 240 g/mol. The Morgan fingerprint density at radius 1 is 1.29 bits per heavy atom. The molecule has 2 fully saturated rings. The number of alkyl carbamates (subject to hydrolysis) is 1. The average molecular weight is 240 g/mol. The van der Waals surface area contributed by atoms with Gasteiger partial charge in [-0.25, -0.2) is 4.79 Å². The van der Waals surface area contributed by atoms with Gasteiger partial charge in [0.05, 0.1) is 0 Å². The molecule has 1 aliphatic carbocycles. The minimum Gasteiger partial charge on any atom is -0.444 e. The number of rotatable bonds is 1. The van der Waals surface area contributed by atoms with Crippen molar-refractivity contribution < 1.29 is 9.53 Å². The van der Waals surface area contributed by atoms with Crippen molar-refractivity contribution in [3.8, 4) is 0 Å². The lowest BCUT2D eigenvalue weighted by molar-refractivity contribution is 0.0375. The van der Waals surface area contributed by atoms with Gasteiger partial charge in [0.2, 0.25) is 0 Å². The van der Waals surface area contributed by atoms with Gasteiger partial charge in [-0.3, -0.25) is 0 Å². The van der Waals surface area contributed by atoms with E-state index in [0.29, 0.717) is 11.8 Å². The Hall–Kier alpha value is -0.770. The second kappa shape index (κ2) is 4.16. The third kappa shape index (κ3) is 2.57. The lowest BCUT2D eigenvalue weighted by Gasteiger charge is -2.42. The fraction of sp³-hybridized carbons (Fsp3) is 0.923. The van der Waals surface area contributed by atoms with Gasteiger partial charge >= 0.3 is 6.09 Å². The van der Waals surface area contributed by atoms with Gasteiger partial charge in [0.25, 0.3) is 0 Å². The molecular weight excluding hydrogens is 216 g/mol. The lowest BCUT2D eigenvalue weighted by atomic mass is 9.79. The highest BCUT2D eigenvalue weighted by atomic mass is 16.6. The first-order chi connectivity index (χ1) is 7.81. The molecule has 2 aliphatic rings. The summed E-state index contributed by atoms with van der Waals surface area (Å²) in [5.41, 5.74) is -0.514. The van der Waals surface area contributed by atoms with E-state index in [1.165, 1.54) is 12.8 Å². The Morgan fingerprint density at radius 2 is 1.82 bits per heavy atom. The van der Waals surface area contributed by atoms with E-state index in [1.807, 2.05) is 20.8 Å². The van der Waals surface area contributed by atoms with Crippen molar-refractivity contribution in [2.75, 3.05) is 13.1 Å². The van der Waals surface area contributed by atoms with Crippen molar-refractivity contribution in [3.05, 3.63) is 0 Å². The van der Waals surface area contributed by atoms with Gasteiger partial charge in [0, 0.05) is 18.6 Å². The van der Waals surface area contributed by atoms with Crippen molar-refractivity contribution in [2.45, 2.75) is 51.7 Å². The Bertz CT molecular complexity index is 293. The molecule has 2 unspecified atom stereocenters. The summed E-state index contributed by atoms with van der Waals surface area (Å²) in [6.07, 6.45) is 2.12. The smallest absolute Gasteiger partial charge is 0.408 e. The van der Waals surface area contributed by atoms with E-state index in [0.717, 1.165) is 13.1 Å². The van der Waals surface area contributed by atoms with Crippen LogP contribution in [-0.2, 0) is 4.74 Å². The Labute approximate surface area is 103 Å². The maximum Gasteiger partial charge on any atom is 0.408 e. The van der Waals surface area contributed by atoms with Crippen LogP contribution in [0.15, 0.2) is 0 Å². The topological polar surface area (TPSA) is 50.4 Å². The number of amides is 1. The maximum atomic E-state index is 11.9. The van der Waals surface area contributed by atoms with Crippen LogP contribution < -0.4 is 10.6 Å². The predicted molar refractivity (Wildman–Crippen MR) is 66.9 cm³/mol. The summed E-state index contributed by atoms with van der Waals surface area (Å²) in [7, 11) is 0. The van der Waals surface area contributed by atoms with E-state index in [1.54, 1.807) is 0 Å². The minimum absolute atomic E-state index is 0.0897. The van der Waals surface area contributed by atoms with E-state index in [-0.39, 0.29) is 11.6 Å². The Morgan fingerprint density at radius 3 is 2.29 bits per heavy atom. The van der Waals surface area contributed by atoms with E-state index in [2.05, 4.69) is 17.6 Å². The zero-order valence-corrected chi connectivity index (χ0v) is 11.3. The molecule has 4 heteroatoms. The second-order valence-corrected chi connectivity index (χ2v) is 6.54. The van der Waals surface area contributed by atoms with Crippen LogP contribution in [0, 0.1) is 11.8 Å². The summed E-state index contributed by atoms with van der Waals surface area (Å²) >= 11 is 0. The summed E-state index contributed by atoms with van der Waals surface area (Å²) in [6.45, 7) is 9.86. The molecule has 0 radical (unpaired) electrons. The molecule has 98 valence electrons. The predicted octanol–water partition coefficient (Wildman–Crippen LogP) is 1.90. The average Bonchev–Trinajstić information content (AvgIpc) is 2.36. The quantitative estimate of drug-likeness (QED) is 0.736. The Kier molecular flexibility index (Phi) is 3.10. The van der Waals surface area contributed by atoms with Crippen molar-refractivity contribution >= 4 is 6.09 Å². The van der Waals surface area contributed by atoms with Gasteiger partial charge in [-0.05, 0) is 52.4 Å². The maximum absolute atomic E-state index is 11.9. The SMILES string of the molecule is CC(C)(C)OC(=O)NC1(C)C2CCC1CNC2. The number of nitrogens with one attached hydrogen (secondary N) is 2. The third-order valence-electron chi connectivity index (χ3n) is 4.11. The Balaban J connectivity index is 2.00. The van der Waals surface area contributed by atoms with Gasteiger partial charge in [0.1, 0.15) is 5.60 Å². The molecule has 0 aromatic heterocycles. The molecule has 1 amide bonds. The first-order valence-corrected chi connectivity index (χ1v) is 6.53. The van der Waals surface area contributed by atoms with Gasteiger partial charge in [-0.15, -0.1) is 0 Å². The first-order valence-electron chi connectivity index (χ1n) is 6.53. The van der Waals surface area contributed by atoms with Crippen LogP contribution in [0.5, 0.6) is 0 Å². The van der Waals surface area contributed by atoms with Gasteiger partial charge in [0.15, 0.2) is 0 Å². The van der Waals surface area contributed by atoms with Crippen LogP contribution in [-0.4, -0.2) is 30.3 Å². The molecule has 2 rings (SSSR count). The number of hydrogen-bond acceptors (Lipinski definition) is 3. The molecule has 1 saturated carbocycles. The molecule has 17 heavy (non-hydrogen) atoms. The number of piperidine rings is 1. The van der Waals surface area contributed by atoms with Crippen molar-refractivity contribution in [3.63, 3.8) is 0 Å². The van der Waals surface area contributed by atoms with Crippen LogP contribution >= 0.6 is 0 Å². The zero-order chi connectivity index (χ0) is 12.7. The van der Waals surface area contributed by atoms with Crippen molar-refractivity contribution in [1.29, 1.82) is 0 Å². The van der Waals surface area contributed by atoms with Crippen LogP contribution in [0.25, 0.3) is 0 Å². The lowest BCUT2D eigenvalue weighted by Crippen LogP contribution is -2.60. The molecule has 2 bridgehead atoms. The molecule has 0 spiro atoms. The summed E-state index contributed by atoms with van der Waals surface area (Å²) in [4.78, 5) is 11.9. The van der Waals surface area contributed by atoms with E-state index in [4.69, 9.17) is 4.74 Å². The number of hydrogen-bond donors (Lipinski definition) is 2. The molecule has 1 saturated heterocycles. The van der Waals surface area contributed by atoms with Crippen molar-refractivity contribution in [1.82, 2.24) is 10.6 Å². The second-order valence-electron chi connectivity index (χ2n) is 6.54.